The van der Waals surface area contributed by atoms with Crippen LogP contribution in [-0.4, -0.2) is 18.1 Å². The van der Waals surface area contributed by atoms with Gasteiger partial charge in [-0.25, -0.2) is 9.78 Å². The highest BCUT2D eigenvalue weighted by Crippen LogP contribution is 2.36. The number of rotatable bonds is 3. The van der Waals surface area contributed by atoms with Crippen LogP contribution in [0.25, 0.3) is 10.2 Å². The molecule has 124 valence electrons. The number of fused-ring (bicyclic) bond motifs is 1. The van der Waals surface area contributed by atoms with Gasteiger partial charge < -0.3 is 9.47 Å². The average Bonchev–Trinajstić information content (AvgIpc) is 2.95. The average molecular weight is 353 g/mol. The summed E-state index contributed by atoms with van der Waals surface area (Å²) in [6.45, 7) is 0. The third-order valence-corrected chi connectivity index (χ3v) is 4.09. The lowest BCUT2D eigenvalue weighted by atomic mass is 10.2. The van der Waals surface area contributed by atoms with E-state index in [1.807, 2.05) is 0 Å². The van der Waals surface area contributed by atoms with Crippen LogP contribution in [0.5, 0.6) is 10.9 Å². The van der Waals surface area contributed by atoms with Crippen molar-refractivity contribution in [3.8, 4) is 10.9 Å². The van der Waals surface area contributed by atoms with Crippen molar-refractivity contribution in [2.75, 3.05) is 7.11 Å². The summed E-state index contributed by atoms with van der Waals surface area (Å²) in [6, 6.07) is 9.52. The number of methoxy groups -OCH3 is 1. The first kappa shape index (κ1) is 16.3. The Hall–Kier alpha value is -2.61. The van der Waals surface area contributed by atoms with Crippen molar-refractivity contribution < 1.29 is 27.4 Å². The number of benzene rings is 2. The minimum absolute atomic E-state index is 0.218. The van der Waals surface area contributed by atoms with E-state index in [1.54, 1.807) is 12.1 Å². The number of thiazole rings is 1. The maximum absolute atomic E-state index is 12.7. The van der Waals surface area contributed by atoms with Crippen LogP contribution in [0.4, 0.5) is 13.2 Å². The Morgan fingerprint density at radius 3 is 2.46 bits per heavy atom. The van der Waals surface area contributed by atoms with Crippen LogP contribution in [0.15, 0.2) is 42.5 Å². The summed E-state index contributed by atoms with van der Waals surface area (Å²) in [5, 5.41) is 0.218. The fourth-order valence-corrected chi connectivity index (χ4v) is 2.82. The number of esters is 1. The van der Waals surface area contributed by atoms with Crippen molar-refractivity contribution >= 4 is 27.5 Å². The van der Waals surface area contributed by atoms with Crippen LogP contribution < -0.4 is 4.74 Å². The fourth-order valence-electron chi connectivity index (χ4n) is 2.00. The van der Waals surface area contributed by atoms with Gasteiger partial charge in [-0.05, 0) is 42.5 Å². The number of carbonyl (C=O) groups is 1. The van der Waals surface area contributed by atoms with E-state index in [0.717, 1.165) is 23.5 Å². The third kappa shape index (κ3) is 3.33. The fraction of sp³-hybridized carbons (Fsp3) is 0.125. The molecule has 0 aliphatic rings. The monoisotopic (exact) mass is 353 g/mol. The molecule has 1 heterocycles. The quantitative estimate of drug-likeness (QED) is 0.629. The number of hydrogen-bond acceptors (Lipinski definition) is 5. The molecule has 0 N–H and O–H groups in total. The predicted octanol–water partition coefficient (Wildman–Crippen LogP) is 4.89. The van der Waals surface area contributed by atoms with Crippen molar-refractivity contribution in [1.29, 1.82) is 0 Å². The van der Waals surface area contributed by atoms with Crippen LogP contribution >= 0.6 is 11.3 Å². The molecule has 0 aliphatic carbocycles. The Morgan fingerprint density at radius 2 is 1.83 bits per heavy atom. The van der Waals surface area contributed by atoms with Crippen molar-refractivity contribution in [2.45, 2.75) is 6.18 Å². The standard InChI is InChI=1S/C16H10F3NO3S/c1-22-14(21)9-2-5-11(6-3-9)23-15-20-12-8-10(16(17,18)19)4-7-13(12)24-15/h2-8H,1H3. The molecule has 3 rings (SSSR count). The Kier molecular flexibility index (Phi) is 4.15. The van der Waals surface area contributed by atoms with Crippen LogP contribution in [0.1, 0.15) is 15.9 Å². The second kappa shape index (κ2) is 6.12. The summed E-state index contributed by atoms with van der Waals surface area (Å²) in [5.74, 6) is -0.0565. The van der Waals surface area contributed by atoms with Crippen LogP contribution in [0.2, 0.25) is 0 Å². The van der Waals surface area contributed by atoms with Crippen molar-refractivity contribution in [3.05, 3.63) is 53.6 Å². The third-order valence-electron chi connectivity index (χ3n) is 3.18. The number of aromatic nitrogens is 1. The van der Waals surface area contributed by atoms with E-state index in [9.17, 15) is 18.0 Å². The molecule has 0 unspecified atom stereocenters. The molecule has 0 atom stereocenters. The highest BCUT2D eigenvalue weighted by molar-refractivity contribution is 7.20. The zero-order valence-electron chi connectivity index (χ0n) is 12.3. The molecule has 24 heavy (non-hydrogen) atoms. The molecule has 0 amide bonds. The van der Waals surface area contributed by atoms with Gasteiger partial charge in [0.25, 0.3) is 5.19 Å². The zero-order valence-corrected chi connectivity index (χ0v) is 13.1. The molecule has 0 bridgehead atoms. The lowest BCUT2D eigenvalue weighted by Gasteiger charge is -2.04. The molecular formula is C16H10F3NO3S. The second-order valence-corrected chi connectivity index (χ2v) is 5.77. The molecule has 0 radical (unpaired) electrons. The highest BCUT2D eigenvalue weighted by atomic mass is 32.1. The lowest BCUT2D eigenvalue weighted by Crippen LogP contribution is -2.03. The molecule has 0 saturated heterocycles. The molecular weight excluding hydrogens is 343 g/mol. The summed E-state index contributed by atoms with van der Waals surface area (Å²) >= 11 is 1.13. The summed E-state index contributed by atoms with van der Waals surface area (Å²) in [6.07, 6.45) is -4.41. The largest absolute Gasteiger partial charge is 0.465 e. The Balaban J connectivity index is 1.84. The summed E-state index contributed by atoms with van der Waals surface area (Å²) in [4.78, 5) is 15.4. The van der Waals surface area contributed by atoms with Gasteiger partial charge in [0.15, 0.2) is 0 Å². The zero-order chi connectivity index (χ0) is 17.3. The predicted molar refractivity (Wildman–Crippen MR) is 82.5 cm³/mol. The van der Waals surface area contributed by atoms with Gasteiger partial charge in [-0.1, -0.05) is 11.3 Å². The van der Waals surface area contributed by atoms with Crippen LogP contribution in [-0.2, 0) is 10.9 Å². The molecule has 4 nitrogen and oxygen atoms in total. The number of alkyl halides is 3. The first-order chi connectivity index (χ1) is 11.4. The molecule has 1 aromatic heterocycles. The van der Waals surface area contributed by atoms with Gasteiger partial charge in [-0.15, -0.1) is 0 Å². The molecule has 0 spiro atoms. The van der Waals surface area contributed by atoms with Crippen molar-refractivity contribution in [1.82, 2.24) is 4.98 Å². The van der Waals surface area contributed by atoms with E-state index in [4.69, 9.17) is 4.74 Å². The Morgan fingerprint density at radius 1 is 1.12 bits per heavy atom. The minimum atomic E-state index is -4.41. The number of hydrogen-bond donors (Lipinski definition) is 0. The van der Waals surface area contributed by atoms with Crippen LogP contribution in [0.3, 0.4) is 0 Å². The molecule has 0 saturated carbocycles. The van der Waals surface area contributed by atoms with E-state index >= 15 is 0 Å². The van der Waals surface area contributed by atoms with E-state index < -0.39 is 17.7 Å². The molecule has 3 aromatic rings. The normalized spacial score (nSPS) is 11.5. The van der Waals surface area contributed by atoms with Gasteiger partial charge in [-0.3, -0.25) is 0 Å². The summed E-state index contributed by atoms with van der Waals surface area (Å²) < 4.78 is 48.8. The SMILES string of the molecule is COC(=O)c1ccc(Oc2nc3cc(C(F)(F)F)ccc3s2)cc1. The Labute approximate surface area is 138 Å². The topological polar surface area (TPSA) is 48.4 Å². The second-order valence-electron chi connectivity index (χ2n) is 4.78. The van der Waals surface area contributed by atoms with Crippen molar-refractivity contribution in [3.63, 3.8) is 0 Å². The van der Waals surface area contributed by atoms with E-state index in [1.165, 1.54) is 25.3 Å². The first-order valence-corrected chi connectivity index (χ1v) is 7.52. The summed E-state index contributed by atoms with van der Waals surface area (Å²) in [5.41, 5.74) is -0.172. The molecule has 2 aromatic carbocycles. The maximum Gasteiger partial charge on any atom is 0.416 e. The van der Waals surface area contributed by atoms with E-state index in [0.29, 0.717) is 16.0 Å². The van der Waals surface area contributed by atoms with Gasteiger partial charge in [0, 0.05) is 0 Å². The van der Waals surface area contributed by atoms with E-state index in [2.05, 4.69) is 9.72 Å². The highest BCUT2D eigenvalue weighted by Gasteiger charge is 2.30. The van der Waals surface area contributed by atoms with Gasteiger partial charge in [0.1, 0.15) is 5.75 Å². The smallest absolute Gasteiger partial charge is 0.416 e. The number of carbonyl (C=O) groups excluding carboxylic acids is 1. The number of nitrogens with zero attached hydrogens (tertiary/aromatic N) is 1. The van der Waals surface area contributed by atoms with Crippen LogP contribution in [0, 0.1) is 0 Å². The van der Waals surface area contributed by atoms with Gasteiger partial charge in [0.2, 0.25) is 0 Å². The van der Waals surface area contributed by atoms with Gasteiger partial charge in [-0.2, -0.15) is 13.2 Å². The molecule has 0 aliphatic heterocycles. The molecule has 8 heteroatoms. The van der Waals surface area contributed by atoms with Crippen molar-refractivity contribution in [2.24, 2.45) is 0 Å². The lowest BCUT2D eigenvalue weighted by molar-refractivity contribution is -0.137. The summed E-state index contributed by atoms with van der Waals surface area (Å²) in [7, 11) is 1.28. The molecule has 0 fully saturated rings. The van der Waals surface area contributed by atoms with E-state index in [-0.39, 0.29) is 10.7 Å². The van der Waals surface area contributed by atoms with Gasteiger partial charge >= 0.3 is 12.1 Å². The minimum Gasteiger partial charge on any atom is -0.465 e. The Bertz CT molecular complexity index is 888. The maximum atomic E-state index is 12.7. The first-order valence-electron chi connectivity index (χ1n) is 6.71. The van der Waals surface area contributed by atoms with Gasteiger partial charge in [0.05, 0.1) is 28.5 Å². The number of ether oxygens (including phenoxy) is 2. The number of halogens is 3.